The molecule has 2 unspecified atom stereocenters. The first-order valence-electron chi connectivity index (χ1n) is 13.7. The second-order valence-corrected chi connectivity index (χ2v) is 10.4. The van der Waals surface area contributed by atoms with E-state index in [1.165, 1.54) is 84.9 Å². The Labute approximate surface area is 211 Å². The monoisotopic (exact) mass is 465 g/mol. The summed E-state index contributed by atoms with van der Waals surface area (Å²) in [6, 6.07) is 19.8. The molecule has 2 nitrogen and oxygen atoms in total. The number of hydrogen-bond acceptors (Lipinski definition) is 2. The largest absolute Gasteiger partial charge is 0.487 e. The third-order valence-corrected chi connectivity index (χ3v) is 7.78. The topological polar surface area (TPSA) is 21.6 Å². The predicted octanol–water partition coefficient (Wildman–Crippen LogP) is 8.85. The molecular weight excluding hydrogens is 426 g/mol. The molecule has 2 aromatic rings. The molecule has 0 aromatic heterocycles. The number of aryl methyl sites for hydroxylation is 1. The summed E-state index contributed by atoms with van der Waals surface area (Å²) in [4.78, 5) is 5.18. The highest BCUT2D eigenvalue weighted by Crippen LogP contribution is 2.48. The molecule has 1 saturated carbocycles. The summed E-state index contributed by atoms with van der Waals surface area (Å²) in [5.74, 6) is 1.73. The van der Waals surface area contributed by atoms with E-state index in [4.69, 9.17) is 9.73 Å². The van der Waals surface area contributed by atoms with Gasteiger partial charge in [-0.2, -0.15) is 0 Å². The van der Waals surface area contributed by atoms with Gasteiger partial charge in [0.25, 0.3) is 0 Å². The molecule has 5 rings (SSSR count). The van der Waals surface area contributed by atoms with Crippen molar-refractivity contribution in [2.45, 2.75) is 84.2 Å². The first-order chi connectivity index (χ1) is 17.2. The van der Waals surface area contributed by atoms with Gasteiger partial charge in [0, 0.05) is 11.6 Å². The van der Waals surface area contributed by atoms with E-state index in [0.29, 0.717) is 12.5 Å². The SMILES string of the molecule is CCCCCCCc1ccc(C2C=CC(OCc3ccccc3)=C3N=C4CCCC(C)C4=C32)cc1. The maximum absolute atomic E-state index is 6.35. The Kier molecular flexibility index (Phi) is 7.66. The number of ether oxygens (including phenoxy) is 1. The van der Waals surface area contributed by atoms with Gasteiger partial charge in [-0.25, -0.2) is 4.99 Å². The van der Waals surface area contributed by atoms with Gasteiger partial charge in [-0.1, -0.05) is 100 Å². The van der Waals surface area contributed by atoms with Gasteiger partial charge < -0.3 is 4.74 Å². The number of benzene rings is 2. The molecule has 0 amide bonds. The fourth-order valence-electron chi connectivity index (χ4n) is 5.81. The van der Waals surface area contributed by atoms with E-state index in [1.54, 1.807) is 0 Å². The minimum Gasteiger partial charge on any atom is -0.487 e. The molecule has 2 aromatic carbocycles. The van der Waals surface area contributed by atoms with Crippen molar-refractivity contribution in [3.63, 3.8) is 0 Å². The summed E-state index contributed by atoms with van der Waals surface area (Å²) in [7, 11) is 0. The Bertz CT molecular complexity index is 1130. The van der Waals surface area contributed by atoms with Crippen LogP contribution in [0, 0.1) is 5.92 Å². The van der Waals surface area contributed by atoms with Crippen molar-refractivity contribution in [3.05, 3.63) is 106 Å². The number of aliphatic imine (C=N–C) groups is 1. The zero-order valence-electron chi connectivity index (χ0n) is 21.4. The molecule has 0 radical (unpaired) electrons. The molecule has 1 aliphatic heterocycles. The standard InChI is InChI=1S/C33H39NO/c1-3-4-5-6-8-13-25-17-19-27(20-18-25)28-21-22-30(35-23-26-14-9-7-10-15-26)33-32(28)31-24(2)12-11-16-29(31)34-33/h7,9-10,14-15,17-22,24,28H,3-6,8,11-13,16,23H2,1-2H3. The fraction of sp³-hybridized carbons (Fsp3) is 0.424. The zero-order valence-corrected chi connectivity index (χ0v) is 21.4. The van der Waals surface area contributed by atoms with Crippen molar-refractivity contribution >= 4 is 5.71 Å². The molecule has 35 heavy (non-hydrogen) atoms. The molecule has 2 aliphatic carbocycles. The van der Waals surface area contributed by atoms with E-state index in [0.717, 1.165) is 17.9 Å². The third kappa shape index (κ3) is 5.37. The van der Waals surface area contributed by atoms with Crippen LogP contribution in [-0.2, 0) is 17.8 Å². The Morgan fingerprint density at radius 2 is 1.69 bits per heavy atom. The molecule has 3 aliphatic rings. The van der Waals surface area contributed by atoms with Crippen molar-refractivity contribution in [2.75, 3.05) is 0 Å². The molecular formula is C33H39NO. The number of hydrogen-bond donors (Lipinski definition) is 0. The van der Waals surface area contributed by atoms with E-state index >= 15 is 0 Å². The van der Waals surface area contributed by atoms with Gasteiger partial charge in [0.2, 0.25) is 0 Å². The lowest BCUT2D eigenvalue weighted by molar-refractivity contribution is 0.207. The Morgan fingerprint density at radius 1 is 0.886 bits per heavy atom. The third-order valence-electron chi connectivity index (χ3n) is 7.78. The van der Waals surface area contributed by atoms with Crippen molar-refractivity contribution < 1.29 is 4.74 Å². The molecule has 2 heteroatoms. The second kappa shape index (κ2) is 11.2. The molecule has 182 valence electrons. The molecule has 0 saturated heterocycles. The zero-order chi connectivity index (χ0) is 24.0. The lowest BCUT2D eigenvalue weighted by Gasteiger charge is -2.27. The predicted molar refractivity (Wildman–Crippen MR) is 147 cm³/mol. The van der Waals surface area contributed by atoms with Crippen molar-refractivity contribution in [3.8, 4) is 0 Å². The lowest BCUT2D eigenvalue weighted by atomic mass is 9.76. The first-order valence-corrected chi connectivity index (χ1v) is 13.7. The summed E-state index contributed by atoms with van der Waals surface area (Å²) in [5, 5.41) is 0. The van der Waals surface area contributed by atoms with Gasteiger partial charge in [-0.05, 0) is 71.9 Å². The molecule has 1 fully saturated rings. The smallest absolute Gasteiger partial charge is 0.145 e. The average molecular weight is 466 g/mol. The highest BCUT2D eigenvalue weighted by Gasteiger charge is 2.37. The van der Waals surface area contributed by atoms with Crippen LogP contribution in [0.1, 0.15) is 87.8 Å². The number of nitrogens with zero attached hydrogens (tertiary/aromatic N) is 1. The van der Waals surface area contributed by atoms with Crippen molar-refractivity contribution in [2.24, 2.45) is 10.9 Å². The Hall–Kier alpha value is -2.87. The fourth-order valence-corrected chi connectivity index (χ4v) is 5.81. The maximum Gasteiger partial charge on any atom is 0.145 e. The molecule has 0 bridgehead atoms. The number of allylic oxidation sites excluding steroid dienone is 4. The average Bonchev–Trinajstić information content (AvgIpc) is 3.29. The second-order valence-electron chi connectivity index (χ2n) is 10.4. The summed E-state index contributed by atoms with van der Waals surface area (Å²) < 4.78 is 6.35. The van der Waals surface area contributed by atoms with E-state index < -0.39 is 0 Å². The summed E-state index contributed by atoms with van der Waals surface area (Å²) in [6.07, 6.45) is 15.9. The molecule has 0 spiro atoms. The van der Waals surface area contributed by atoms with Crippen LogP contribution in [0.25, 0.3) is 0 Å². The number of fused-ring (bicyclic) bond motifs is 2. The summed E-state index contributed by atoms with van der Waals surface area (Å²) in [5.41, 5.74) is 9.27. The van der Waals surface area contributed by atoms with Crippen LogP contribution in [0.3, 0.4) is 0 Å². The van der Waals surface area contributed by atoms with Crippen molar-refractivity contribution in [1.82, 2.24) is 0 Å². The van der Waals surface area contributed by atoms with Crippen LogP contribution in [0.4, 0.5) is 0 Å². The lowest BCUT2D eigenvalue weighted by Crippen LogP contribution is -2.18. The van der Waals surface area contributed by atoms with Crippen LogP contribution >= 0.6 is 0 Å². The van der Waals surface area contributed by atoms with E-state index in [-0.39, 0.29) is 5.92 Å². The molecule has 2 atom stereocenters. The molecule has 1 heterocycles. The van der Waals surface area contributed by atoms with Crippen LogP contribution in [0.5, 0.6) is 0 Å². The van der Waals surface area contributed by atoms with Crippen molar-refractivity contribution in [1.29, 1.82) is 0 Å². The van der Waals surface area contributed by atoms with Gasteiger partial charge in [0.05, 0.1) is 0 Å². The quantitative estimate of drug-likeness (QED) is 0.321. The van der Waals surface area contributed by atoms with Crippen LogP contribution in [0.2, 0.25) is 0 Å². The van der Waals surface area contributed by atoms with E-state index in [1.807, 2.05) is 6.07 Å². The highest BCUT2D eigenvalue weighted by molar-refractivity contribution is 6.06. The van der Waals surface area contributed by atoms with Gasteiger partial charge >= 0.3 is 0 Å². The summed E-state index contributed by atoms with van der Waals surface area (Å²) >= 11 is 0. The first kappa shape index (κ1) is 23.9. The number of unbranched alkanes of at least 4 members (excludes halogenated alkanes) is 4. The highest BCUT2D eigenvalue weighted by atomic mass is 16.5. The van der Waals surface area contributed by atoms with Crippen LogP contribution in [0.15, 0.2) is 94.3 Å². The summed E-state index contributed by atoms with van der Waals surface area (Å²) in [6.45, 7) is 5.23. The Morgan fingerprint density at radius 3 is 2.49 bits per heavy atom. The minimum absolute atomic E-state index is 0.254. The van der Waals surface area contributed by atoms with Gasteiger partial charge in [-0.3, -0.25) is 0 Å². The number of rotatable bonds is 10. The van der Waals surface area contributed by atoms with E-state index in [2.05, 4.69) is 74.5 Å². The Balaban J connectivity index is 1.38. The van der Waals surface area contributed by atoms with E-state index in [9.17, 15) is 0 Å². The normalized spacial score (nSPS) is 21.1. The van der Waals surface area contributed by atoms with Gasteiger partial charge in [-0.15, -0.1) is 0 Å². The van der Waals surface area contributed by atoms with Crippen LogP contribution < -0.4 is 0 Å². The maximum atomic E-state index is 6.35. The van der Waals surface area contributed by atoms with Crippen LogP contribution in [-0.4, -0.2) is 5.71 Å². The van der Waals surface area contributed by atoms with Gasteiger partial charge in [0.1, 0.15) is 18.1 Å². The van der Waals surface area contributed by atoms with Gasteiger partial charge in [0.15, 0.2) is 0 Å². The minimum atomic E-state index is 0.254. The molecule has 0 N–H and O–H groups in total.